The van der Waals surface area contributed by atoms with Crippen LogP contribution in [0.5, 0.6) is 0 Å². The number of methoxy groups -OCH3 is 1. The number of hydrogen-bond donors (Lipinski definition) is 1. The third-order valence-corrected chi connectivity index (χ3v) is 5.63. The van der Waals surface area contributed by atoms with Gasteiger partial charge in [-0.2, -0.15) is 4.98 Å². The second-order valence-electron chi connectivity index (χ2n) is 7.33. The maximum absolute atomic E-state index is 12.7. The molecule has 0 amide bonds. The van der Waals surface area contributed by atoms with Crippen LogP contribution in [0.25, 0.3) is 5.57 Å². The molecule has 7 heteroatoms. The summed E-state index contributed by atoms with van der Waals surface area (Å²) in [4.78, 5) is 17.4. The Morgan fingerprint density at radius 3 is 2.52 bits per heavy atom. The summed E-state index contributed by atoms with van der Waals surface area (Å²) in [5, 5.41) is 7.97. The van der Waals surface area contributed by atoms with E-state index in [0.717, 1.165) is 16.8 Å². The van der Waals surface area contributed by atoms with Crippen LogP contribution in [0, 0.1) is 0 Å². The molecule has 1 atom stereocenters. The first kappa shape index (κ1) is 20.9. The van der Waals surface area contributed by atoms with E-state index in [1.165, 1.54) is 7.11 Å². The summed E-state index contributed by atoms with van der Waals surface area (Å²) in [6, 6.07) is 17.3. The molecule has 0 saturated heterocycles. The number of nitrogens with one attached hydrogen (secondary N) is 1. The summed E-state index contributed by atoms with van der Waals surface area (Å²) in [5.74, 6) is -0.0450. The van der Waals surface area contributed by atoms with Gasteiger partial charge < -0.3 is 14.6 Å². The Morgan fingerprint density at radius 1 is 1.10 bits per heavy atom. The fourth-order valence-corrected chi connectivity index (χ4v) is 4.14. The lowest BCUT2D eigenvalue weighted by Gasteiger charge is -2.30. The van der Waals surface area contributed by atoms with Gasteiger partial charge in [0.05, 0.1) is 18.6 Å². The highest BCUT2D eigenvalue weighted by molar-refractivity contribution is 6.31. The third kappa shape index (κ3) is 4.11. The van der Waals surface area contributed by atoms with E-state index in [9.17, 15) is 4.79 Å². The Hall–Kier alpha value is -3.38. The molecule has 0 saturated carbocycles. The van der Waals surface area contributed by atoms with Gasteiger partial charge in [-0.3, -0.25) is 0 Å². The van der Waals surface area contributed by atoms with Crippen LogP contribution in [-0.4, -0.2) is 23.2 Å². The molecule has 2 aromatic carbocycles. The zero-order valence-corrected chi connectivity index (χ0v) is 18.2. The molecule has 2 heterocycles. The van der Waals surface area contributed by atoms with Crippen molar-refractivity contribution in [3.63, 3.8) is 0 Å². The number of esters is 1. The van der Waals surface area contributed by atoms with E-state index in [0.29, 0.717) is 40.0 Å². The number of halogens is 1. The van der Waals surface area contributed by atoms with Gasteiger partial charge in [-0.1, -0.05) is 65.3 Å². The van der Waals surface area contributed by atoms with E-state index in [1.54, 1.807) is 6.07 Å². The molecule has 4 rings (SSSR count). The van der Waals surface area contributed by atoms with Crippen LogP contribution in [0.15, 0.2) is 76.1 Å². The maximum Gasteiger partial charge on any atom is 0.336 e. The minimum absolute atomic E-state index is 0.342. The van der Waals surface area contributed by atoms with E-state index in [2.05, 4.69) is 15.5 Å². The number of benzene rings is 2. The minimum atomic E-state index is -0.507. The van der Waals surface area contributed by atoms with Crippen LogP contribution in [0.4, 0.5) is 0 Å². The van der Waals surface area contributed by atoms with Gasteiger partial charge in [-0.15, -0.1) is 0 Å². The van der Waals surface area contributed by atoms with Gasteiger partial charge in [0.2, 0.25) is 0 Å². The fourth-order valence-electron chi connectivity index (χ4n) is 3.89. The molecule has 3 aromatic rings. The first-order valence-electron chi connectivity index (χ1n) is 9.87. The fraction of sp³-hybridized carbons (Fsp3) is 0.208. The molecular weight excluding hydrogens is 414 g/mol. The average molecular weight is 436 g/mol. The minimum Gasteiger partial charge on any atom is -0.466 e. The number of nitrogens with zero attached hydrogens (tertiary/aromatic N) is 2. The Kier molecular flexibility index (Phi) is 5.91. The molecule has 1 N–H and O–H groups in total. The molecule has 158 valence electrons. The van der Waals surface area contributed by atoms with E-state index < -0.39 is 11.9 Å². The number of carbonyl (C=O) groups excluding carboxylic acids is 1. The molecule has 1 aromatic heterocycles. The Balaban J connectivity index is 1.80. The van der Waals surface area contributed by atoms with Crippen LogP contribution in [0.1, 0.15) is 42.6 Å². The van der Waals surface area contributed by atoms with Gasteiger partial charge in [0.1, 0.15) is 0 Å². The predicted octanol–water partition coefficient (Wildman–Crippen LogP) is 4.88. The molecule has 0 bridgehead atoms. The van der Waals surface area contributed by atoms with Crippen molar-refractivity contribution in [3.8, 4) is 0 Å². The first-order valence-corrected chi connectivity index (χ1v) is 10.3. The zero-order chi connectivity index (χ0) is 22.0. The predicted molar refractivity (Wildman–Crippen MR) is 118 cm³/mol. The van der Waals surface area contributed by atoms with Crippen molar-refractivity contribution in [2.45, 2.75) is 26.2 Å². The van der Waals surface area contributed by atoms with Crippen molar-refractivity contribution < 1.29 is 14.1 Å². The van der Waals surface area contributed by atoms with Crippen molar-refractivity contribution in [1.29, 1.82) is 0 Å². The van der Waals surface area contributed by atoms with Gasteiger partial charge >= 0.3 is 5.97 Å². The van der Waals surface area contributed by atoms with E-state index >= 15 is 0 Å². The largest absolute Gasteiger partial charge is 0.466 e. The van der Waals surface area contributed by atoms with E-state index in [1.807, 2.05) is 62.4 Å². The van der Waals surface area contributed by atoms with Crippen molar-refractivity contribution in [1.82, 2.24) is 15.5 Å². The van der Waals surface area contributed by atoms with Gasteiger partial charge in [0.25, 0.3) is 5.89 Å². The van der Waals surface area contributed by atoms with Gasteiger partial charge in [0, 0.05) is 28.4 Å². The summed E-state index contributed by atoms with van der Waals surface area (Å²) < 4.78 is 10.7. The third-order valence-electron chi connectivity index (χ3n) is 5.29. The van der Waals surface area contributed by atoms with Crippen molar-refractivity contribution >= 4 is 23.1 Å². The summed E-state index contributed by atoms with van der Waals surface area (Å²) in [7, 11) is 1.36. The molecule has 1 aliphatic heterocycles. The highest BCUT2D eigenvalue weighted by atomic mass is 35.5. The second kappa shape index (κ2) is 8.78. The lowest BCUT2D eigenvalue weighted by molar-refractivity contribution is -0.136. The number of hydrogen-bond acceptors (Lipinski definition) is 6. The number of rotatable bonds is 5. The molecular formula is C24H22ClN3O3. The number of aromatic nitrogens is 2. The van der Waals surface area contributed by atoms with Crippen molar-refractivity contribution in [2.24, 2.45) is 0 Å². The number of dihydropyridines is 1. The number of carbonyl (C=O) groups is 1. The summed E-state index contributed by atoms with van der Waals surface area (Å²) in [5.41, 5.74) is 4.51. The number of ether oxygens (including phenoxy) is 1. The zero-order valence-electron chi connectivity index (χ0n) is 17.5. The second-order valence-corrected chi connectivity index (χ2v) is 7.73. The monoisotopic (exact) mass is 435 g/mol. The lowest BCUT2D eigenvalue weighted by Crippen LogP contribution is -2.28. The Bertz CT molecular complexity index is 1180. The average Bonchev–Trinajstić information content (AvgIpc) is 3.21. The van der Waals surface area contributed by atoms with E-state index in [-0.39, 0.29) is 0 Å². The molecule has 0 fully saturated rings. The topological polar surface area (TPSA) is 77.2 Å². The normalized spacial score (nSPS) is 16.3. The summed E-state index contributed by atoms with van der Waals surface area (Å²) in [6.07, 6.45) is 0.541. The van der Waals surface area contributed by atoms with Crippen molar-refractivity contribution in [2.75, 3.05) is 7.11 Å². The first-order chi connectivity index (χ1) is 15.0. The van der Waals surface area contributed by atoms with Crippen LogP contribution >= 0.6 is 11.6 Å². The van der Waals surface area contributed by atoms with Crippen LogP contribution in [0.3, 0.4) is 0 Å². The standard InChI is InChI=1S/C24H22ClN3O3/c1-14-20(23-27-19(28-31-23)13-16-9-5-4-6-10-16)22(17-11-7-8-12-18(17)25)21(15(2)26-14)24(29)30-3/h4-12,22,26H,13H2,1-3H3. The quantitative estimate of drug-likeness (QED) is 0.575. The molecule has 31 heavy (non-hydrogen) atoms. The summed E-state index contributed by atoms with van der Waals surface area (Å²) in [6.45, 7) is 3.75. The van der Waals surface area contributed by atoms with Crippen LogP contribution < -0.4 is 5.32 Å². The molecule has 0 aliphatic carbocycles. The number of allylic oxidation sites excluding steroid dienone is 3. The Labute approximate surface area is 185 Å². The smallest absolute Gasteiger partial charge is 0.336 e. The van der Waals surface area contributed by atoms with E-state index in [4.69, 9.17) is 20.9 Å². The Morgan fingerprint density at radius 2 is 1.81 bits per heavy atom. The van der Waals surface area contributed by atoms with Crippen LogP contribution in [-0.2, 0) is 16.0 Å². The molecule has 0 spiro atoms. The molecule has 0 radical (unpaired) electrons. The van der Waals surface area contributed by atoms with Gasteiger partial charge in [-0.25, -0.2) is 4.79 Å². The highest BCUT2D eigenvalue weighted by Gasteiger charge is 2.37. The molecule has 1 aliphatic rings. The van der Waals surface area contributed by atoms with Crippen molar-refractivity contribution in [3.05, 3.63) is 99.4 Å². The maximum atomic E-state index is 12.7. The lowest BCUT2D eigenvalue weighted by atomic mass is 9.80. The molecule has 6 nitrogen and oxygen atoms in total. The highest BCUT2D eigenvalue weighted by Crippen LogP contribution is 2.45. The van der Waals surface area contributed by atoms with Gasteiger partial charge in [-0.05, 0) is 31.0 Å². The van der Waals surface area contributed by atoms with Crippen LogP contribution in [0.2, 0.25) is 5.02 Å². The van der Waals surface area contributed by atoms with Gasteiger partial charge in [0.15, 0.2) is 5.82 Å². The SMILES string of the molecule is COC(=O)C1=C(C)NC(C)=C(c2nc(Cc3ccccc3)no2)C1c1ccccc1Cl. The summed E-state index contributed by atoms with van der Waals surface area (Å²) >= 11 is 6.55. The molecule has 1 unspecified atom stereocenters.